The second kappa shape index (κ2) is 6.15. The lowest BCUT2D eigenvalue weighted by Gasteiger charge is -2.41. The van der Waals surface area contributed by atoms with Gasteiger partial charge in [0.1, 0.15) is 0 Å². The van der Waals surface area contributed by atoms with Crippen molar-refractivity contribution < 1.29 is 0 Å². The fourth-order valence-electron chi connectivity index (χ4n) is 3.62. The molecule has 0 bridgehead atoms. The van der Waals surface area contributed by atoms with E-state index < -0.39 is 0 Å². The smallest absolute Gasteiger partial charge is 0.0281 e. The minimum absolute atomic E-state index is 0.548. The Labute approximate surface area is 117 Å². The van der Waals surface area contributed by atoms with Crippen LogP contribution in [0.3, 0.4) is 0 Å². The van der Waals surface area contributed by atoms with Crippen molar-refractivity contribution >= 4 is 11.8 Å². The number of nitrogens with zero attached hydrogens (tertiary/aromatic N) is 1. The molecule has 2 rings (SSSR count). The highest BCUT2D eigenvalue weighted by Crippen LogP contribution is 2.40. The fraction of sp³-hybridized carbons (Fsp3) is 1.00. The van der Waals surface area contributed by atoms with Crippen LogP contribution >= 0.6 is 11.8 Å². The third-order valence-corrected chi connectivity index (χ3v) is 6.66. The molecule has 1 saturated heterocycles. The molecule has 1 aliphatic carbocycles. The van der Waals surface area contributed by atoms with E-state index in [-0.39, 0.29) is 0 Å². The van der Waals surface area contributed by atoms with Gasteiger partial charge < -0.3 is 10.2 Å². The van der Waals surface area contributed by atoms with E-state index in [1.165, 1.54) is 45.2 Å². The maximum atomic E-state index is 3.91. The highest BCUT2D eigenvalue weighted by molar-refractivity contribution is 8.00. The summed E-state index contributed by atoms with van der Waals surface area (Å²) in [4.78, 5) is 2.50. The molecule has 1 N–H and O–H groups in total. The van der Waals surface area contributed by atoms with Crippen molar-refractivity contribution in [1.82, 2.24) is 10.2 Å². The third-order valence-electron chi connectivity index (χ3n) is 5.24. The summed E-state index contributed by atoms with van der Waals surface area (Å²) in [7, 11) is 2.26. The average Bonchev–Trinajstić information content (AvgIpc) is 2.82. The van der Waals surface area contributed by atoms with Gasteiger partial charge in [-0.2, -0.15) is 11.8 Å². The van der Waals surface area contributed by atoms with Crippen LogP contribution < -0.4 is 5.32 Å². The zero-order chi connectivity index (χ0) is 13.2. The molecule has 2 fully saturated rings. The molecular weight excluding hydrogens is 240 g/mol. The highest BCUT2D eigenvalue weighted by Gasteiger charge is 2.35. The molecule has 106 valence electrons. The Bertz CT molecular complexity index is 263. The lowest BCUT2D eigenvalue weighted by Crippen LogP contribution is -2.53. The normalized spacial score (nSPS) is 37.0. The molecule has 0 radical (unpaired) electrons. The number of nitrogens with one attached hydrogen (secondary N) is 1. The van der Waals surface area contributed by atoms with E-state index in [9.17, 15) is 0 Å². The summed E-state index contributed by atoms with van der Waals surface area (Å²) in [6.45, 7) is 7.23. The predicted octanol–water partition coefficient (Wildman–Crippen LogP) is 2.98. The van der Waals surface area contributed by atoms with Gasteiger partial charge in [0.05, 0.1) is 0 Å². The van der Waals surface area contributed by atoms with E-state index in [0.717, 1.165) is 18.0 Å². The van der Waals surface area contributed by atoms with E-state index in [4.69, 9.17) is 0 Å². The average molecular weight is 270 g/mol. The summed E-state index contributed by atoms with van der Waals surface area (Å²) in [5.41, 5.74) is 0. The molecule has 18 heavy (non-hydrogen) atoms. The van der Waals surface area contributed by atoms with E-state index in [2.05, 4.69) is 49.1 Å². The maximum absolute atomic E-state index is 3.91. The zero-order valence-electron chi connectivity index (χ0n) is 12.5. The summed E-state index contributed by atoms with van der Waals surface area (Å²) in [6.07, 6.45) is 9.30. The van der Waals surface area contributed by atoms with Crippen molar-refractivity contribution in [3.05, 3.63) is 0 Å². The van der Waals surface area contributed by atoms with Gasteiger partial charge in [-0.3, -0.25) is 0 Å². The van der Waals surface area contributed by atoms with Crippen molar-refractivity contribution in [3.63, 3.8) is 0 Å². The number of likely N-dealkylation sites (tertiary alicyclic amines) is 1. The first-order chi connectivity index (χ1) is 8.56. The van der Waals surface area contributed by atoms with Gasteiger partial charge in [-0.1, -0.05) is 19.8 Å². The minimum atomic E-state index is 0.548. The lowest BCUT2D eigenvalue weighted by molar-refractivity contribution is 0.120. The van der Waals surface area contributed by atoms with Crippen LogP contribution in [0.2, 0.25) is 0 Å². The number of piperidine rings is 1. The van der Waals surface area contributed by atoms with Crippen LogP contribution in [-0.2, 0) is 0 Å². The molecule has 1 saturated carbocycles. The largest absolute Gasteiger partial charge is 0.312 e. The van der Waals surface area contributed by atoms with Crippen LogP contribution in [0.1, 0.15) is 46.0 Å². The van der Waals surface area contributed by atoms with E-state index in [1.807, 2.05) is 0 Å². The first-order valence-corrected chi connectivity index (χ1v) is 8.77. The number of rotatable bonds is 4. The predicted molar refractivity (Wildman–Crippen MR) is 82.4 cm³/mol. The van der Waals surface area contributed by atoms with Gasteiger partial charge in [-0.15, -0.1) is 0 Å². The molecule has 1 aliphatic heterocycles. The molecule has 3 unspecified atom stereocenters. The number of hydrogen-bond donors (Lipinski definition) is 1. The number of thioether (sulfide) groups is 1. The molecule has 3 heteroatoms. The van der Waals surface area contributed by atoms with Gasteiger partial charge in [0.2, 0.25) is 0 Å². The summed E-state index contributed by atoms with van der Waals surface area (Å²) < 4.78 is 0.548. The van der Waals surface area contributed by atoms with Gasteiger partial charge >= 0.3 is 0 Å². The molecule has 1 heterocycles. The SMILES string of the molecule is CSC1(CNC2CC(C)N(C)CC2C)CCCC1. The van der Waals surface area contributed by atoms with Gasteiger partial charge in [0.25, 0.3) is 0 Å². The summed E-state index contributed by atoms with van der Waals surface area (Å²) >= 11 is 2.10. The van der Waals surface area contributed by atoms with Crippen molar-refractivity contribution in [2.24, 2.45) is 5.92 Å². The molecule has 2 nitrogen and oxygen atoms in total. The Kier molecular flexibility index (Phi) is 5.01. The second-order valence-electron chi connectivity index (χ2n) is 6.58. The zero-order valence-corrected chi connectivity index (χ0v) is 13.4. The van der Waals surface area contributed by atoms with Crippen molar-refractivity contribution in [1.29, 1.82) is 0 Å². The molecule has 2 aliphatic rings. The van der Waals surface area contributed by atoms with Crippen LogP contribution in [-0.4, -0.2) is 48.1 Å². The Hall–Kier alpha value is 0.270. The standard InChI is InChI=1S/C15H30N2S/c1-12-10-17(3)13(2)9-14(12)16-11-15(18-4)7-5-6-8-15/h12-14,16H,5-11H2,1-4H3. The molecule has 0 amide bonds. The topological polar surface area (TPSA) is 15.3 Å². The molecule has 0 aromatic carbocycles. The summed E-state index contributed by atoms with van der Waals surface area (Å²) in [5, 5.41) is 3.91. The second-order valence-corrected chi connectivity index (χ2v) is 7.86. The highest BCUT2D eigenvalue weighted by atomic mass is 32.2. The van der Waals surface area contributed by atoms with Gasteiger partial charge in [-0.25, -0.2) is 0 Å². The Morgan fingerprint density at radius 3 is 2.56 bits per heavy atom. The number of hydrogen-bond acceptors (Lipinski definition) is 3. The van der Waals surface area contributed by atoms with Crippen LogP contribution in [0.25, 0.3) is 0 Å². The Morgan fingerprint density at radius 2 is 1.94 bits per heavy atom. The van der Waals surface area contributed by atoms with E-state index in [0.29, 0.717) is 4.75 Å². The van der Waals surface area contributed by atoms with E-state index >= 15 is 0 Å². The Balaban J connectivity index is 1.85. The maximum Gasteiger partial charge on any atom is 0.0281 e. The van der Waals surface area contributed by atoms with Crippen molar-refractivity contribution in [2.45, 2.75) is 62.8 Å². The van der Waals surface area contributed by atoms with Crippen LogP contribution in [0.4, 0.5) is 0 Å². The monoisotopic (exact) mass is 270 g/mol. The van der Waals surface area contributed by atoms with Gasteiger partial charge in [-0.05, 0) is 45.4 Å². The van der Waals surface area contributed by atoms with Gasteiger partial charge in [0, 0.05) is 29.9 Å². The van der Waals surface area contributed by atoms with Crippen LogP contribution in [0, 0.1) is 5.92 Å². The van der Waals surface area contributed by atoms with Crippen molar-refractivity contribution in [3.8, 4) is 0 Å². The third kappa shape index (κ3) is 3.23. The molecule has 0 spiro atoms. The van der Waals surface area contributed by atoms with Crippen LogP contribution in [0.15, 0.2) is 0 Å². The first-order valence-electron chi connectivity index (χ1n) is 7.55. The molecule has 0 aromatic heterocycles. The summed E-state index contributed by atoms with van der Waals surface area (Å²) in [5.74, 6) is 0.784. The molecular formula is C15H30N2S. The molecule has 3 atom stereocenters. The van der Waals surface area contributed by atoms with E-state index in [1.54, 1.807) is 0 Å². The van der Waals surface area contributed by atoms with Crippen molar-refractivity contribution in [2.75, 3.05) is 26.4 Å². The fourth-order valence-corrected chi connectivity index (χ4v) is 4.54. The lowest BCUT2D eigenvalue weighted by atomic mass is 9.89. The van der Waals surface area contributed by atoms with Gasteiger partial charge in [0.15, 0.2) is 0 Å². The minimum Gasteiger partial charge on any atom is -0.312 e. The quantitative estimate of drug-likeness (QED) is 0.845. The summed E-state index contributed by atoms with van der Waals surface area (Å²) in [6, 6.07) is 1.45. The Morgan fingerprint density at radius 1 is 1.28 bits per heavy atom. The molecule has 0 aromatic rings. The first kappa shape index (κ1) is 14.7. The van der Waals surface area contributed by atoms with Crippen LogP contribution in [0.5, 0.6) is 0 Å².